The van der Waals surface area contributed by atoms with Crippen LogP contribution in [0.15, 0.2) is 29.1 Å². The van der Waals surface area contributed by atoms with E-state index in [4.69, 9.17) is 4.42 Å². The zero-order valence-electron chi connectivity index (χ0n) is 10.7. The molecular formula is C13H18N4O. The van der Waals surface area contributed by atoms with Crippen molar-refractivity contribution in [2.24, 2.45) is 0 Å². The first kappa shape index (κ1) is 12.4. The Balaban J connectivity index is 2.03. The van der Waals surface area contributed by atoms with Gasteiger partial charge in [-0.15, -0.1) is 0 Å². The fourth-order valence-electron chi connectivity index (χ4n) is 1.63. The molecule has 5 heteroatoms. The van der Waals surface area contributed by atoms with Crippen molar-refractivity contribution < 1.29 is 4.42 Å². The van der Waals surface area contributed by atoms with Crippen LogP contribution in [0.1, 0.15) is 24.7 Å². The predicted octanol–water partition coefficient (Wildman–Crippen LogP) is 2.81. The van der Waals surface area contributed by atoms with Gasteiger partial charge in [0.05, 0.1) is 12.8 Å². The zero-order chi connectivity index (χ0) is 12.8. The van der Waals surface area contributed by atoms with Crippen molar-refractivity contribution in [2.75, 3.05) is 17.2 Å². The highest BCUT2D eigenvalue weighted by molar-refractivity contribution is 5.56. The Labute approximate surface area is 107 Å². The Morgan fingerprint density at radius 2 is 2.00 bits per heavy atom. The number of nitrogens with zero attached hydrogens (tertiary/aromatic N) is 2. The molecule has 0 aliphatic heterocycles. The van der Waals surface area contributed by atoms with E-state index in [2.05, 4.69) is 27.5 Å². The summed E-state index contributed by atoms with van der Waals surface area (Å²) in [6, 6.07) is 3.80. The molecule has 2 aromatic rings. The lowest BCUT2D eigenvalue weighted by Gasteiger charge is -2.11. The molecule has 0 atom stereocenters. The van der Waals surface area contributed by atoms with Gasteiger partial charge in [0.15, 0.2) is 0 Å². The molecule has 0 spiro atoms. The van der Waals surface area contributed by atoms with Gasteiger partial charge in [-0.2, -0.15) is 0 Å². The van der Waals surface area contributed by atoms with Gasteiger partial charge in [0.2, 0.25) is 0 Å². The van der Waals surface area contributed by atoms with Crippen molar-refractivity contribution in [1.82, 2.24) is 9.97 Å². The number of rotatable bonds is 6. The lowest BCUT2D eigenvalue weighted by atomic mass is 10.3. The Morgan fingerprint density at radius 1 is 1.22 bits per heavy atom. The standard InChI is InChI=1S/C13H18N4O/c1-3-6-14-12-10(2)13(17-9-16-12)15-8-11-5-4-7-18-11/h4-5,7,9H,3,6,8H2,1-2H3,(H2,14,15,16,17). The molecule has 2 rings (SSSR count). The first-order chi connectivity index (χ1) is 8.81. The molecule has 0 unspecified atom stereocenters. The molecule has 2 aromatic heterocycles. The molecule has 0 radical (unpaired) electrons. The molecule has 2 heterocycles. The Bertz CT molecular complexity index is 482. The minimum absolute atomic E-state index is 0.623. The first-order valence-electron chi connectivity index (χ1n) is 6.13. The van der Waals surface area contributed by atoms with Crippen LogP contribution in [-0.2, 0) is 6.54 Å². The summed E-state index contributed by atoms with van der Waals surface area (Å²) in [5.41, 5.74) is 1.03. The van der Waals surface area contributed by atoms with E-state index in [1.807, 2.05) is 19.1 Å². The molecule has 0 fully saturated rings. The number of aromatic nitrogens is 2. The van der Waals surface area contributed by atoms with Gasteiger partial charge in [-0.1, -0.05) is 6.92 Å². The van der Waals surface area contributed by atoms with Crippen LogP contribution in [0.25, 0.3) is 0 Å². The highest BCUT2D eigenvalue weighted by Gasteiger charge is 2.06. The summed E-state index contributed by atoms with van der Waals surface area (Å²) >= 11 is 0. The average molecular weight is 246 g/mol. The third-order valence-electron chi connectivity index (χ3n) is 2.64. The van der Waals surface area contributed by atoms with Crippen molar-refractivity contribution >= 4 is 11.6 Å². The second-order valence-electron chi connectivity index (χ2n) is 4.06. The molecule has 0 aromatic carbocycles. The van der Waals surface area contributed by atoms with E-state index in [-0.39, 0.29) is 0 Å². The number of anilines is 2. The molecule has 0 aliphatic carbocycles. The molecule has 96 valence electrons. The summed E-state index contributed by atoms with van der Waals surface area (Å²) in [6.45, 7) is 5.66. The fraction of sp³-hybridized carbons (Fsp3) is 0.385. The molecule has 18 heavy (non-hydrogen) atoms. The van der Waals surface area contributed by atoms with Gasteiger partial charge < -0.3 is 15.1 Å². The maximum atomic E-state index is 5.27. The third-order valence-corrected chi connectivity index (χ3v) is 2.64. The van der Waals surface area contributed by atoms with Crippen molar-refractivity contribution in [3.8, 4) is 0 Å². The van der Waals surface area contributed by atoms with Crippen molar-refractivity contribution in [3.63, 3.8) is 0 Å². The second kappa shape index (κ2) is 6.05. The van der Waals surface area contributed by atoms with Crippen molar-refractivity contribution in [3.05, 3.63) is 36.0 Å². The van der Waals surface area contributed by atoms with E-state index < -0.39 is 0 Å². The highest BCUT2D eigenvalue weighted by Crippen LogP contribution is 2.18. The average Bonchev–Trinajstić information content (AvgIpc) is 2.89. The van der Waals surface area contributed by atoms with Crippen LogP contribution >= 0.6 is 0 Å². The number of nitrogens with one attached hydrogen (secondary N) is 2. The normalized spacial score (nSPS) is 10.3. The fourth-order valence-corrected chi connectivity index (χ4v) is 1.63. The van der Waals surface area contributed by atoms with Gasteiger partial charge >= 0.3 is 0 Å². The minimum Gasteiger partial charge on any atom is -0.467 e. The van der Waals surface area contributed by atoms with Crippen LogP contribution in [-0.4, -0.2) is 16.5 Å². The van der Waals surface area contributed by atoms with E-state index in [0.29, 0.717) is 6.54 Å². The molecule has 2 N–H and O–H groups in total. The Hall–Kier alpha value is -2.04. The smallest absolute Gasteiger partial charge is 0.134 e. The topological polar surface area (TPSA) is 63.0 Å². The van der Waals surface area contributed by atoms with Crippen LogP contribution in [0.4, 0.5) is 11.6 Å². The van der Waals surface area contributed by atoms with E-state index in [1.54, 1.807) is 12.6 Å². The third kappa shape index (κ3) is 3.00. The largest absolute Gasteiger partial charge is 0.467 e. The summed E-state index contributed by atoms with van der Waals surface area (Å²) in [6.07, 6.45) is 4.30. The lowest BCUT2D eigenvalue weighted by Crippen LogP contribution is -2.08. The Kier molecular flexibility index (Phi) is 4.17. The van der Waals surface area contributed by atoms with Crippen LogP contribution < -0.4 is 10.6 Å². The van der Waals surface area contributed by atoms with Gasteiger partial charge in [-0.25, -0.2) is 9.97 Å². The summed E-state index contributed by atoms with van der Waals surface area (Å²) in [7, 11) is 0. The number of hydrogen-bond acceptors (Lipinski definition) is 5. The van der Waals surface area contributed by atoms with Gasteiger partial charge in [-0.05, 0) is 25.5 Å². The minimum atomic E-state index is 0.623. The Morgan fingerprint density at radius 3 is 2.67 bits per heavy atom. The van der Waals surface area contributed by atoms with Crippen LogP contribution in [0.3, 0.4) is 0 Å². The van der Waals surface area contributed by atoms with Gasteiger partial charge in [0.25, 0.3) is 0 Å². The summed E-state index contributed by atoms with van der Waals surface area (Å²) in [5.74, 6) is 2.60. The van der Waals surface area contributed by atoms with E-state index in [0.717, 1.165) is 35.9 Å². The van der Waals surface area contributed by atoms with Gasteiger partial charge in [-0.3, -0.25) is 0 Å². The molecule has 5 nitrogen and oxygen atoms in total. The molecule has 0 amide bonds. The summed E-state index contributed by atoms with van der Waals surface area (Å²) in [5, 5.41) is 6.53. The maximum Gasteiger partial charge on any atom is 0.134 e. The second-order valence-corrected chi connectivity index (χ2v) is 4.06. The highest BCUT2D eigenvalue weighted by atomic mass is 16.3. The summed E-state index contributed by atoms with van der Waals surface area (Å²) < 4.78 is 5.27. The summed E-state index contributed by atoms with van der Waals surface area (Å²) in [4.78, 5) is 8.48. The van der Waals surface area contributed by atoms with Crippen molar-refractivity contribution in [2.45, 2.75) is 26.8 Å². The number of furan rings is 1. The zero-order valence-corrected chi connectivity index (χ0v) is 10.7. The van der Waals surface area contributed by atoms with Crippen LogP contribution in [0.2, 0.25) is 0 Å². The van der Waals surface area contributed by atoms with Crippen molar-refractivity contribution in [1.29, 1.82) is 0 Å². The quantitative estimate of drug-likeness (QED) is 0.820. The number of hydrogen-bond donors (Lipinski definition) is 2. The van der Waals surface area contributed by atoms with Gasteiger partial charge in [0.1, 0.15) is 23.7 Å². The molecule has 0 saturated heterocycles. The monoisotopic (exact) mass is 246 g/mol. The van der Waals surface area contributed by atoms with Gasteiger partial charge in [0, 0.05) is 12.1 Å². The maximum absolute atomic E-state index is 5.27. The first-order valence-corrected chi connectivity index (χ1v) is 6.13. The molecule has 0 bridgehead atoms. The molecule has 0 aliphatic rings. The molecule has 0 saturated carbocycles. The lowest BCUT2D eigenvalue weighted by molar-refractivity contribution is 0.517. The predicted molar refractivity (Wildman–Crippen MR) is 71.6 cm³/mol. The SMILES string of the molecule is CCCNc1ncnc(NCc2ccco2)c1C. The van der Waals surface area contributed by atoms with E-state index in [1.165, 1.54) is 0 Å². The van der Waals surface area contributed by atoms with Crippen LogP contribution in [0, 0.1) is 6.92 Å². The van der Waals surface area contributed by atoms with E-state index >= 15 is 0 Å². The van der Waals surface area contributed by atoms with Crippen LogP contribution in [0.5, 0.6) is 0 Å². The molecular weight excluding hydrogens is 228 g/mol. The van der Waals surface area contributed by atoms with E-state index in [9.17, 15) is 0 Å².